The predicted octanol–water partition coefficient (Wildman–Crippen LogP) is 6.33. The van der Waals surface area contributed by atoms with Gasteiger partial charge in [0.1, 0.15) is 0 Å². The Kier molecular flexibility index (Phi) is 5.58. The summed E-state index contributed by atoms with van der Waals surface area (Å²) >= 11 is 0. The third kappa shape index (κ3) is 3.69. The number of carbonyl (C=O) groups is 1. The molecule has 5 atom stereocenters. The van der Waals surface area contributed by atoms with Crippen LogP contribution in [0.5, 0.6) is 0 Å². The van der Waals surface area contributed by atoms with E-state index in [1.54, 1.807) is 0 Å². The number of carbonyl (C=O) groups excluding carboxylic acids is 1. The van der Waals surface area contributed by atoms with Crippen molar-refractivity contribution in [1.29, 1.82) is 0 Å². The molecule has 1 aliphatic carbocycles. The maximum Gasteiger partial charge on any atom is 0.232 e. The maximum atomic E-state index is 14.3. The number of rotatable bonds is 5. The van der Waals surface area contributed by atoms with E-state index in [4.69, 9.17) is 0 Å². The number of benzene rings is 3. The lowest BCUT2D eigenvalue weighted by atomic mass is 9.72. The Morgan fingerprint density at radius 2 is 1.68 bits per heavy atom. The molecule has 2 bridgehead atoms. The Hall–Kier alpha value is -3.50. The average molecular weight is 488 g/mol. The molecule has 4 heterocycles. The normalized spacial score (nSPS) is 25.0. The van der Waals surface area contributed by atoms with Gasteiger partial charge < -0.3 is 5.32 Å². The van der Waals surface area contributed by atoms with Crippen LogP contribution in [-0.4, -0.2) is 34.9 Å². The summed E-state index contributed by atoms with van der Waals surface area (Å²) in [5.74, 6) is 1.31. The molecule has 3 saturated heterocycles. The topological polar surface area (TPSA) is 45.2 Å². The van der Waals surface area contributed by atoms with Crippen LogP contribution in [0.2, 0.25) is 0 Å². The molecular weight excluding hydrogens is 454 g/mol. The number of pyridine rings is 1. The molecule has 1 N–H and O–H groups in total. The summed E-state index contributed by atoms with van der Waals surface area (Å²) in [7, 11) is 0. The molecule has 37 heavy (non-hydrogen) atoms. The Balaban J connectivity index is 1.30. The zero-order valence-corrected chi connectivity index (χ0v) is 21.3. The fraction of sp³-hybridized carbons (Fsp3) is 0.333. The smallest absolute Gasteiger partial charge is 0.232 e. The van der Waals surface area contributed by atoms with Gasteiger partial charge in [0, 0.05) is 24.2 Å². The number of fused-ring (bicyclic) bond motifs is 7. The molecule has 3 aliphatic heterocycles. The molecule has 1 amide bonds. The number of aromatic nitrogens is 1. The fourth-order valence-electron chi connectivity index (χ4n) is 7.43. The average Bonchev–Trinajstić information content (AvgIpc) is 3.30. The first-order valence-corrected chi connectivity index (χ1v) is 13.8. The van der Waals surface area contributed by atoms with E-state index in [-0.39, 0.29) is 17.9 Å². The highest BCUT2D eigenvalue weighted by molar-refractivity contribution is 5.96. The summed E-state index contributed by atoms with van der Waals surface area (Å²) in [6, 6.07) is 27.5. The first kappa shape index (κ1) is 22.7. The van der Waals surface area contributed by atoms with Crippen LogP contribution in [0.3, 0.4) is 0 Å². The SMILES string of the molecule is CC[C@H]1CN2CC[C@@H]1C[C@@H]2[C@H](NC(=O)C1c2ccccc2-c2ccccc21)c1ccnc2ccccc12. The van der Waals surface area contributed by atoms with Gasteiger partial charge >= 0.3 is 0 Å². The van der Waals surface area contributed by atoms with Gasteiger partial charge in [0.15, 0.2) is 0 Å². The molecule has 0 radical (unpaired) electrons. The van der Waals surface area contributed by atoms with E-state index in [9.17, 15) is 4.79 Å². The summed E-state index contributed by atoms with van der Waals surface area (Å²) in [6.45, 7) is 4.58. The van der Waals surface area contributed by atoms with Gasteiger partial charge in [-0.05, 0) is 71.2 Å². The Morgan fingerprint density at radius 3 is 2.38 bits per heavy atom. The van der Waals surface area contributed by atoms with Crippen LogP contribution in [0.4, 0.5) is 0 Å². The number of hydrogen-bond acceptors (Lipinski definition) is 3. The van der Waals surface area contributed by atoms with E-state index >= 15 is 0 Å². The minimum Gasteiger partial charge on any atom is -0.347 e. The molecule has 1 unspecified atom stereocenters. The molecule has 4 aromatic rings. The van der Waals surface area contributed by atoms with Gasteiger partial charge in [-0.25, -0.2) is 0 Å². The predicted molar refractivity (Wildman–Crippen MR) is 148 cm³/mol. The van der Waals surface area contributed by atoms with Crippen molar-refractivity contribution in [3.63, 3.8) is 0 Å². The lowest BCUT2D eigenvalue weighted by molar-refractivity contribution is -0.123. The second kappa shape index (κ2) is 9.11. The molecule has 186 valence electrons. The number of para-hydroxylation sites is 1. The van der Waals surface area contributed by atoms with E-state index in [2.05, 4.69) is 94.9 Å². The largest absolute Gasteiger partial charge is 0.347 e. The number of piperidine rings is 3. The lowest BCUT2D eigenvalue weighted by Gasteiger charge is -2.52. The number of nitrogens with zero attached hydrogens (tertiary/aromatic N) is 2. The van der Waals surface area contributed by atoms with Crippen molar-refractivity contribution in [3.05, 3.63) is 102 Å². The van der Waals surface area contributed by atoms with Crippen LogP contribution in [0.1, 0.15) is 54.8 Å². The molecule has 4 nitrogen and oxygen atoms in total. The maximum absolute atomic E-state index is 14.3. The zero-order chi connectivity index (χ0) is 24.9. The standard InChI is InChI=1S/C33H33N3O/c1-2-21-20-36-18-16-22(21)19-30(36)32(28-15-17-34-29-14-8-7-11-25(28)29)35-33(37)31-26-12-5-3-9-23(26)24-10-4-6-13-27(24)31/h3-15,17,21-22,30-32H,2,16,18-20H2,1H3,(H,35,37)/t21-,22+,30+,32+/m0/s1. The highest BCUT2D eigenvalue weighted by atomic mass is 16.2. The van der Waals surface area contributed by atoms with E-state index < -0.39 is 0 Å². The van der Waals surface area contributed by atoms with E-state index in [1.165, 1.54) is 29.5 Å². The molecule has 0 spiro atoms. The van der Waals surface area contributed by atoms with Crippen molar-refractivity contribution >= 4 is 16.8 Å². The number of amides is 1. The third-order valence-electron chi connectivity index (χ3n) is 9.26. The minimum absolute atomic E-state index is 0.0825. The Morgan fingerprint density at radius 1 is 0.973 bits per heavy atom. The van der Waals surface area contributed by atoms with Crippen LogP contribution in [0.15, 0.2) is 85.1 Å². The van der Waals surface area contributed by atoms with Crippen molar-refractivity contribution in [2.45, 2.75) is 44.2 Å². The Bertz CT molecular complexity index is 1430. The third-order valence-corrected chi connectivity index (χ3v) is 9.26. The second-order valence-corrected chi connectivity index (χ2v) is 11.0. The van der Waals surface area contributed by atoms with Gasteiger partial charge in [0.25, 0.3) is 0 Å². The lowest BCUT2D eigenvalue weighted by Crippen LogP contribution is -2.58. The van der Waals surface area contributed by atoms with Gasteiger partial charge in [-0.1, -0.05) is 80.1 Å². The van der Waals surface area contributed by atoms with E-state index in [0.29, 0.717) is 6.04 Å². The van der Waals surface area contributed by atoms with Crippen LogP contribution >= 0.6 is 0 Å². The Labute approximate surface area is 218 Å². The summed E-state index contributed by atoms with van der Waals surface area (Å²) in [6.07, 6.45) is 5.55. The molecule has 4 heteroatoms. The molecular formula is C33H33N3O. The first-order chi connectivity index (χ1) is 18.2. The van der Waals surface area contributed by atoms with E-state index in [1.807, 2.05) is 12.3 Å². The van der Waals surface area contributed by atoms with Crippen molar-refractivity contribution in [3.8, 4) is 11.1 Å². The van der Waals surface area contributed by atoms with Gasteiger partial charge in [0.05, 0.1) is 17.5 Å². The quantitative estimate of drug-likeness (QED) is 0.358. The summed E-state index contributed by atoms with van der Waals surface area (Å²) < 4.78 is 0. The molecule has 4 aliphatic rings. The number of hydrogen-bond donors (Lipinski definition) is 1. The van der Waals surface area contributed by atoms with Gasteiger partial charge in [-0.15, -0.1) is 0 Å². The molecule has 3 fully saturated rings. The van der Waals surface area contributed by atoms with Gasteiger partial charge in [0.2, 0.25) is 5.91 Å². The summed E-state index contributed by atoms with van der Waals surface area (Å²) in [4.78, 5) is 21.6. The first-order valence-electron chi connectivity index (χ1n) is 13.8. The molecule has 1 aromatic heterocycles. The highest BCUT2D eigenvalue weighted by Crippen LogP contribution is 2.46. The highest BCUT2D eigenvalue weighted by Gasteiger charge is 2.44. The fourth-order valence-corrected chi connectivity index (χ4v) is 7.43. The number of nitrogens with one attached hydrogen (secondary N) is 1. The van der Waals surface area contributed by atoms with Crippen LogP contribution in [0, 0.1) is 11.8 Å². The second-order valence-electron chi connectivity index (χ2n) is 11.0. The van der Waals surface area contributed by atoms with Crippen LogP contribution in [-0.2, 0) is 4.79 Å². The minimum atomic E-state index is -0.290. The van der Waals surface area contributed by atoms with Gasteiger partial charge in [-0.2, -0.15) is 0 Å². The van der Waals surface area contributed by atoms with E-state index in [0.717, 1.165) is 53.4 Å². The molecule has 0 saturated carbocycles. The van der Waals surface area contributed by atoms with Gasteiger partial charge in [-0.3, -0.25) is 14.7 Å². The van der Waals surface area contributed by atoms with Crippen molar-refractivity contribution in [2.75, 3.05) is 13.1 Å². The zero-order valence-electron chi connectivity index (χ0n) is 21.3. The van der Waals surface area contributed by atoms with Crippen LogP contribution < -0.4 is 5.32 Å². The molecule has 8 rings (SSSR count). The summed E-state index contributed by atoms with van der Waals surface area (Å²) in [5.41, 5.74) is 6.74. The molecule has 3 aromatic carbocycles. The van der Waals surface area contributed by atoms with Crippen LogP contribution in [0.25, 0.3) is 22.0 Å². The van der Waals surface area contributed by atoms with Crippen molar-refractivity contribution < 1.29 is 4.79 Å². The summed E-state index contributed by atoms with van der Waals surface area (Å²) in [5, 5.41) is 4.76. The van der Waals surface area contributed by atoms with Crippen molar-refractivity contribution in [1.82, 2.24) is 15.2 Å². The van der Waals surface area contributed by atoms with Crippen molar-refractivity contribution in [2.24, 2.45) is 11.8 Å². The monoisotopic (exact) mass is 487 g/mol.